The average Bonchev–Trinajstić information content (AvgIpc) is 2.68. The van der Waals surface area contributed by atoms with Crippen molar-refractivity contribution in [2.24, 2.45) is 5.41 Å². The predicted octanol–water partition coefficient (Wildman–Crippen LogP) is 3.25. The normalized spacial score (nSPS) is 16.6. The van der Waals surface area contributed by atoms with E-state index in [1.54, 1.807) is 27.9 Å². The number of aliphatic hydroxyl groups excluding tert-OH is 1. The number of rotatable bonds is 2. The summed E-state index contributed by atoms with van der Waals surface area (Å²) in [6.45, 7) is 10.6. The van der Waals surface area contributed by atoms with E-state index in [-0.39, 0.29) is 47.7 Å². The fourth-order valence-electron chi connectivity index (χ4n) is 1.80. The number of carbonyl (C=O) groups is 2. The summed E-state index contributed by atoms with van der Waals surface area (Å²) >= 11 is 0. The summed E-state index contributed by atoms with van der Waals surface area (Å²) in [6, 6.07) is 0. The Morgan fingerprint density at radius 2 is 1.60 bits per heavy atom. The van der Waals surface area contributed by atoms with Crippen LogP contribution in [-0.2, 0) is 40.1 Å². The zero-order valence-electron chi connectivity index (χ0n) is 15.8. The quantitative estimate of drug-likeness (QED) is 0.437. The average molecular weight is 532 g/mol. The molecule has 6 nitrogen and oxygen atoms in total. The Balaban J connectivity index is -0.0000000839. The second kappa shape index (κ2) is 16.9. The van der Waals surface area contributed by atoms with Gasteiger partial charge in [-0.3, -0.25) is 14.5 Å². The SMILES string of the molecule is C.C.CC1=C(C)C(=O)N(C)C1=O.COCC1(C)COC1.C[CH-]O.[2H][CH2-].[W+2]. The van der Waals surface area contributed by atoms with Gasteiger partial charge in [-0.15, -0.1) is 0 Å². The Labute approximate surface area is 170 Å². The molecule has 2 aliphatic heterocycles. The summed E-state index contributed by atoms with van der Waals surface area (Å²) in [5.41, 5.74) is 1.45. The molecule has 1 N–H and O–H groups in total. The molecule has 2 rings (SSSR count). The molecule has 0 bridgehead atoms. The van der Waals surface area contributed by atoms with Crippen molar-refractivity contribution < 1.29 is 46.6 Å². The number of carbonyl (C=O) groups excluding carboxylic acids is 2. The minimum atomic E-state index is -0.178. The minimum Gasteiger partial charge on any atom is -0.566 e. The number of ether oxygens (including phenoxy) is 2. The summed E-state index contributed by atoms with van der Waals surface area (Å²) in [7, 11) is 5.72. The van der Waals surface area contributed by atoms with Gasteiger partial charge in [-0.25, -0.2) is 7.98 Å². The van der Waals surface area contributed by atoms with Crippen LogP contribution in [0.5, 0.6) is 0 Å². The van der Waals surface area contributed by atoms with Gasteiger partial charge in [0.1, 0.15) is 0 Å². The van der Waals surface area contributed by atoms with Crippen molar-refractivity contribution in [2.75, 3.05) is 34.0 Å². The maximum Gasteiger partial charge on any atom is 2.00 e. The van der Waals surface area contributed by atoms with Crippen LogP contribution in [0.1, 0.15) is 43.9 Å². The van der Waals surface area contributed by atoms with Gasteiger partial charge in [0.05, 0.1) is 19.8 Å². The monoisotopic (exact) mass is 532 g/mol. The second-order valence-corrected chi connectivity index (χ2v) is 5.41. The van der Waals surface area contributed by atoms with E-state index in [1.807, 2.05) is 0 Å². The summed E-state index contributed by atoms with van der Waals surface area (Å²) in [5, 5.41) is 7.44. The third-order valence-electron chi connectivity index (χ3n) is 3.21. The Hall–Kier alpha value is -0.552. The van der Waals surface area contributed by atoms with Crippen LogP contribution in [0.2, 0.25) is 0 Å². The molecule has 0 atom stereocenters. The molecule has 25 heavy (non-hydrogen) atoms. The Bertz CT molecular complexity index is 388. The molecule has 0 aromatic carbocycles. The van der Waals surface area contributed by atoms with Crippen LogP contribution < -0.4 is 0 Å². The molecule has 150 valence electrons. The molecule has 0 aliphatic carbocycles. The van der Waals surface area contributed by atoms with E-state index in [0.29, 0.717) is 16.6 Å². The zero-order chi connectivity index (χ0) is 18.6. The molecule has 1 saturated heterocycles. The van der Waals surface area contributed by atoms with Gasteiger partial charge < -0.3 is 22.0 Å². The molecule has 7 heteroatoms. The Kier molecular flexibility index (Phi) is 21.7. The molecule has 2 heterocycles. The Morgan fingerprint density at radius 1 is 1.28 bits per heavy atom. The summed E-state index contributed by atoms with van der Waals surface area (Å²) in [6.07, 6.45) is 0. The van der Waals surface area contributed by atoms with Gasteiger partial charge in [-0.05, 0) is 13.8 Å². The van der Waals surface area contributed by atoms with Gasteiger partial charge in [0.2, 0.25) is 0 Å². The van der Waals surface area contributed by atoms with Gasteiger partial charge in [0, 0.05) is 30.7 Å². The molecule has 0 aromatic rings. The van der Waals surface area contributed by atoms with E-state index in [0.717, 1.165) is 31.3 Å². The number of likely N-dealkylation sites (N-methyl/N-ethyl adjacent to an activating group) is 1. The second-order valence-electron chi connectivity index (χ2n) is 5.41. The van der Waals surface area contributed by atoms with Gasteiger partial charge in [0.25, 0.3) is 11.8 Å². The van der Waals surface area contributed by atoms with Gasteiger partial charge in [-0.2, -0.15) is 6.92 Å². The molecule has 0 radical (unpaired) electrons. The molecular weight excluding hydrogens is 494 g/mol. The molecule has 2 amide bonds. The van der Waals surface area contributed by atoms with Crippen LogP contribution in [0, 0.1) is 19.4 Å². The van der Waals surface area contributed by atoms with Crippen molar-refractivity contribution in [2.45, 2.75) is 42.5 Å². The van der Waals surface area contributed by atoms with E-state index in [1.165, 1.54) is 7.05 Å². The first-order chi connectivity index (χ1) is 10.7. The smallest absolute Gasteiger partial charge is 0.566 e. The number of aliphatic hydroxyl groups is 1. The third-order valence-corrected chi connectivity index (χ3v) is 3.21. The number of amides is 2. The van der Waals surface area contributed by atoms with E-state index in [4.69, 9.17) is 16.0 Å². The van der Waals surface area contributed by atoms with Crippen LogP contribution >= 0.6 is 0 Å². The number of methoxy groups -OCH3 is 1. The Morgan fingerprint density at radius 3 is 1.68 bits per heavy atom. The first kappa shape index (κ1) is 32.1. The van der Waals surface area contributed by atoms with Gasteiger partial charge >= 0.3 is 21.1 Å². The summed E-state index contributed by atoms with van der Waals surface area (Å²) in [4.78, 5) is 23.1. The largest absolute Gasteiger partial charge is 2.00 e. The maximum absolute atomic E-state index is 11.0. The fourth-order valence-corrected chi connectivity index (χ4v) is 1.80. The molecule has 0 unspecified atom stereocenters. The predicted molar refractivity (Wildman–Crippen MR) is 98.7 cm³/mol. The van der Waals surface area contributed by atoms with Crippen molar-refractivity contribution in [3.05, 3.63) is 25.2 Å². The summed E-state index contributed by atoms with van der Waals surface area (Å²) in [5.74, 6) is -0.356. The summed E-state index contributed by atoms with van der Waals surface area (Å²) < 4.78 is 15.5. The van der Waals surface area contributed by atoms with Crippen LogP contribution in [0.25, 0.3) is 0 Å². The zero-order valence-corrected chi connectivity index (χ0v) is 17.8. The van der Waals surface area contributed by atoms with Gasteiger partial charge in [-0.1, -0.05) is 21.8 Å². The van der Waals surface area contributed by atoms with Crippen molar-refractivity contribution in [3.8, 4) is 0 Å². The molecule has 0 saturated carbocycles. The minimum absolute atomic E-state index is 0. The molecule has 2 aliphatic rings. The van der Waals surface area contributed by atoms with Crippen LogP contribution in [0.15, 0.2) is 11.1 Å². The molecule has 0 spiro atoms. The van der Waals surface area contributed by atoms with Crippen LogP contribution in [-0.4, -0.2) is 55.8 Å². The van der Waals surface area contributed by atoms with Gasteiger partial charge in [0.15, 0.2) is 0 Å². The van der Waals surface area contributed by atoms with Crippen LogP contribution in [0.4, 0.5) is 0 Å². The molecule has 0 aromatic heterocycles. The van der Waals surface area contributed by atoms with E-state index in [9.17, 15) is 9.59 Å². The van der Waals surface area contributed by atoms with Crippen molar-refractivity contribution in [3.63, 3.8) is 0 Å². The number of hydrogen-bond acceptors (Lipinski definition) is 5. The molecule has 1 fully saturated rings. The molecular formula is C18H37NO5W. The first-order valence-corrected chi connectivity index (χ1v) is 6.72. The third kappa shape index (κ3) is 10.9. The van der Waals surface area contributed by atoms with Crippen LogP contribution in [0.3, 0.4) is 0 Å². The topological polar surface area (TPSA) is 76.1 Å². The number of hydrogen-bond donors (Lipinski definition) is 1. The van der Waals surface area contributed by atoms with E-state index >= 15 is 0 Å². The van der Waals surface area contributed by atoms with Crippen molar-refractivity contribution >= 4 is 11.8 Å². The van der Waals surface area contributed by atoms with E-state index < -0.39 is 0 Å². The van der Waals surface area contributed by atoms with Crippen molar-refractivity contribution in [1.82, 2.24) is 4.90 Å². The fraction of sp³-hybridized carbons (Fsp3) is 0.667. The maximum atomic E-state index is 11.0. The van der Waals surface area contributed by atoms with Crippen molar-refractivity contribution in [1.29, 1.82) is 0 Å². The first-order valence-electron chi connectivity index (χ1n) is 7.43. The standard InChI is InChI=1S/C7H9NO2.C6H12O2.C2H5O.2CH4.CH3.W/c1-4-5(2)7(10)8(3)6(4)9;1-6(3-7-2)4-8-5-6;1-2-3;;;;/h1-3H3;3-5H2,1-2H3;2-3H,1H3;2*1H4;1H3;/q;;-1;;;-1;+2/i;;;;;1D;. The number of imide groups is 1. The van der Waals surface area contributed by atoms with E-state index in [2.05, 4.69) is 14.3 Å². The number of nitrogens with zero attached hydrogens (tertiary/aromatic N) is 1.